The fraction of sp³-hybridized carbons (Fsp3) is 0.684. The number of benzene rings is 1. The Morgan fingerprint density at radius 3 is 2.45 bits per heavy atom. The van der Waals surface area contributed by atoms with Gasteiger partial charge in [-0.3, -0.25) is 4.90 Å². The van der Waals surface area contributed by atoms with Crippen molar-refractivity contribution in [2.24, 2.45) is 0 Å². The Labute approximate surface area is 135 Å². The molecule has 2 bridgehead atoms. The molecule has 3 nitrogen and oxygen atoms in total. The summed E-state index contributed by atoms with van der Waals surface area (Å²) in [6.07, 6.45) is 5.42. The summed E-state index contributed by atoms with van der Waals surface area (Å²) in [4.78, 5) is 5.29. The van der Waals surface area contributed by atoms with Crippen LogP contribution >= 0.6 is 0 Å². The summed E-state index contributed by atoms with van der Waals surface area (Å²) in [7, 11) is 2.27. The maximum absolute atomic E-state index is 5.51. The Kier molecular flexibility index (Phi) is 5.51. The minimum absolute atomic E-state index is 0.741. The van der Waals surface area contributed by atoms with E-state index in [0.717, 1.165) is 44.4 Å². The lowest BCUT2D eigenvalue weighted by atomic mass is 9.95. The smallest absolute Gasteiger partial charge is 0.0593 e. The Hall–Kier alpha value is -0.900. The minimum Gasteiger partial charge on any atom is -0.380 e. The molecule has 3 rings (SSSR count). The van der Waals surface area contributed by atoms with Gasteiger partial charge >= 0.3 is 0 Å². The Morgan fingerprint density at radius 1 is 1.14 bits per heavy atom. The van der Waals surface area contributed by atoms with Crippen LogP contribution in [0.5, 0.6) is 0 Å². The molecular weight excluding hydrogens is 272 g/mol. The topological polar surface area (TPSA) is 15.7 Å². The van der Waals surface area contributed by atoms with E-state index in [1.165, 1.54) is 31.2 Å². The summed E-state index contributed by atoms with van der Waals surface area (Å²) in [5.74, 6) is 0. The fourth-order valence-electron chi connectivity index (χ4n) is 4.19. The number of hydrogen-bond acceptors (Lipinski definition) is 3. The fourth-order valence-corrected chi connectivity index (χ4v) is 4.19. The predicted octanol–water partition coefficient (Wildman–Crippen LogP) is 3.15. The Morgan fingerprint density at radius 2 is 1.82 bits per heavy atom. The maximum Gasteiger partial charge on any atom is 0.0593 e. The van der Waals surface area contributed by atoms with Crippen molar-refractivity contribution in [3.63, 3.8) is 0 Å². The highest BCUT2D eigenvalue weighted by molar-refractivity contribution is 5.15. The average Bonchev–Trinajstić information content (AvgIpc) is 2.77. The SMILES string of the molecule is CCOCCN(C)C1C[C@H]2CC[C@@H](C1)N2Cc1ccccc1. The minimum atomic E-state index is 0.741. The summed E-state index contributed by atoms with van der Waals surface area (Å²) in [6, 6.07) is 13.2. The lowest BCUT2D eigenvalue weighted by Crippen LogP contribution is -2.49. The van der Waals surface area contributed by atoms with E-state index < -0.39 is 0 Å². The monoisotopic (exact) mass is 302 g/mol. The lowest BCUT2D eigenvalue weighted by molar-refractivity contribution is 0.0472. The van der Waals surface area contributed by atoms with Crippen LogP contribution < -0.4 is 0 Å². The van der Waals surface area contributed by atoms with Gasteiger partial charge in [-0.1, -0.05) is 30.3 Å². The highest BCUT2D eigenvalue weighted by Gasteiger charge is 2.41. The summed E-state index contributed by atoms with van der Waals surface area (Å²) >= 11 is 0. The molecule has 2 fully saturated rings. The molecule has 2 saturated heterocycles. The molecule has 0 saturated carbocycles. The molecular formula is C19H30N2O. The van der Waals surface area contributed by atoms with Crippen molar-refractivity contribution in [3.8, 4) is 0 Å². The van der Waals surface area contributed by atoms with E-state index in [9.17, 15) is 0 Å². The zero-order chi connectivity index (χ0) is 15.4. The van der Waals surface area contributed by atoms with Crippen LogP contribution in [0.2, 0.25) is 0 Å². The van der Waals surface area contributed by atoms with E-state index in [2.05, 4.69) is 54.1 Å². The van der Waals surface area contributed by atoms with Gasteiger partial charge in [-0.05, 0) is 45.2 Å². The van der Waals surface area contributed by atoms with Crippen molar-refractivity contribution < 1.29 is 4.74 Å². The highest BCUT2D eigenvalue weighted by Crippen LogP contribution is 2.38. The van der Waals surface area contributed by atoms with Gasteiger partial charge in [0.1, 0.15) is 0 Å². The van der Waals surface area contributed by atoms with E-state index in [-0.39, 0.29) is 0 Å². The molecule has 3 heteroatoms. The van der Waals surface area contributed by atoms with Gasteiger partial charge in [0.05, 0.1) is 6.61 Å². The first-order valence-corrected chi connectivity index (χ1v) is 8.85. The molecule has 1 aromatic carbocycles. The molecule has 3 atom stereocenters. The zero-order valence-electron chi connectivity index (χ0n) is 14.1. The Balaban J connectivity index is 1.55. The van der Waals surface area contributed by atoms with Gasteiger partial charge in [-0.2, -0.15) is 0 Å². The molecule has 2 heterocycles. The first-order chi connectivity index (χ1) is 10.8. The third-order valence-electron chi connectivity index (χ3n) is 5.48. The van der Waals surface area contributed by atoms with Crippen LogP contribution in [0.1, 0.15) is 38.2 Å². The van der Waals surface area contributed by atoms with E-state index in [1.807, 2.05) is 0 Å². The first kappa shape index (κ1) is 16.0. The second-order valence-corrected chi connectivity index (χ2v) is 6.85. The molecule has 1 unspecified atom stereocenters. The summed E-state index contributed by atoms with van der Waals surface area (Å²) in [5, 5.41) is 0. The molecule has 2 aliphatic heterocycles. The third kappa shape index (κ3) is 3.70. The largest absolute Gasteiger partial charge is 0.380 e. The molecule has 1 aromatic rings. The van der Waals surface area contributed by atoms with Gasteiger partial charge in [-0.25, -0.2) is 0 Å². The van der Waals surface area contributed by atoms with Gasteiger partial charge < -0.3 is 9.64 Å². The summed E-state index contributed by atoms with van der Waals surface area (Å²) in [5.41, 5.74) is 1.46. The number of likely N-dealkylation sites (N-methyl/N-ethyl adjacent to an activating group) is 1. The van der Waals surface area contributed by atoms with Crippen molar-refractivity contribution in [3.05, 3.63) is 35.9 Å². The van der Waals surface area contributed by atoms with Crippen molar-refractivity contribution in [1.29, 1.82) is 0 Å². The van der Waals surface area contributed by atoms with E-state index in [0.29, 0.717) is 0 Å². The number of hydrogen-bond donors (Lipinski definition) is 0. The van der Waals surface area contributed by atoms with Crippen LogP contribution in [0.25, 0.3) is 0 Å². The molecule has 2 aliphatic rings. The van der Waals surface area contributed by atoms with Crippen molar-refractivity contribution in [2.45, 2.75) is 57.3 Å². The normalized spacial score (nSPS) is 28.4. The molecule has 0 aromatic heterocycles. The van der Waals surface area contributed by atoms with Gasteiger partial charge in [-0.15, -0.1) is 0 Å². The molecule has 0 aliphatic carbocycles. The maximum atomic E-state index is 5.51. The second kappa shape index (κ2) is 7.58. The third-order valence-corrected chi connectivity index (χ3v) is 5.48. The number of rotatable bonds is 7. The lowest BCUT2D eigenvalue weighted by Gasteiger charge is -2.42. The van der Waals surface area contributed by atoms with Gasteiger partial charge in [0, 0.05) is 37.8 Å². The van der Waals surface area contributed by atoms with Crippen LogP contribution in [0.4, 0.5) is 0 Å². The molecule has 0 amide bonds. The second-order valence-electron chi connectivity index (χ2n) is 6.85. The van der Waals surface area contributed by atoms with Crippen LogP contribution in [0.3, 0.4) is 0 Å². The number of piperidine rings is 1. The van der Waals surface area contributed by atoms with E-state index >= 15 is 0 Å². The highest BCUT2D eigenvalue weighted by atomic mass is 16.5. The number of fused-ring (bicyclic) bond motifs is 2. The predicted molar refractivity (Wildman–Crippen MR) is 90.9 cm³/mol. The number of nitrogens with zero attached hydrogens (tertiary/aromatic N) is 2. The van der Waals surface area contributed by atoms with Gasteiger partial charge in [0.2, 0.25) is 0 Å². The Bertz CT molecular complexity index is 436. The van der Waals surface area contributed by atoms with Crippen molar-refractivity contribution >= 4 is 0 Å². The van der Waals surface area contributed by atoms with E-state index in [4.69, 9.17) is 4.74 Å². The molecule has 22 heavy (non-hydrogen) atoms. The van der Waals surface area contributed by atoms with Crippen LogP contribution in [0.15, 0.2) is 30.3 Å². The number of ether oxygens (including phenoxy) is 1. The summed E-state index contributed by atoms with van der Waals surface area (Å²) < 4.78 is 5.51. The van der Waals surface area contributed by atoms with Crippen molar-refractivity contribution in [2.75, 3.05) is 26.8 Å². The first-order valence-electron chi connectivity index (χ1n) is 8.85. The molecule has 0 N–H and O–H groups in total. The van der Waals surface area contributed by atoms with Gasteiger partial charge in [0.15, 0.2) is 0 Å². The standard InChI is InChI=1S/C19H30N2O/c1-3-22-12-11-20(2)19-13-17-9-10-18(14-19)21(17)15-16-7-5-4-6-8-16/h4-8,17-19H,3,9-15H2,1-2H3/t17-,18+,19?. The summed E-state index contributed by atoms with van der Waals surface area (Å²) in [6.45, 7) is 5.96. The molecule has 0 spiro atoms. The molecule has 0 radical (unpaired) electrons. The molecule has 122 valence electrons. The van der Waals surface area contributed by atoms with E-state index in [1.54, 1.807) is 0 Å². The zero-order valence-corrected chi connectivity index (χ0v) is 14.1. The average molecular weight is 302 g/mol. The van der Waals surface area contributed by atoms with Crippen molar-refractivity contribution in [1.82, 2.24) is 9.80 Å². The van der Waals surface area contributed by atoms with Crippen LogP contribution in [-0.4, -0.2) is 54.7 Å². The van der Waals surface area contributed by atoms with Gasteiger partial charge in [0.25, 0.3) is 0 Å². The van der Waals surface area contributed by atoms with Crippen LogP contribution in [-0.2, 0) is 11.3 Å². The van der Waals surface area contributed by atoms with Crippen LogP contribution in [0, 0.1) is 0 Å². The quantitative estimate of drug-likeness (QED) is 0.720.